The van der Waals surface area contributed by atoms with E-state index < -0.39 is 161 Å². The summed E-state index contributed by atoms with van der Waals surface area (Å²) in [4.78, 5) is 95.8. The normalized spacial score (nSPS) is 43.0. The van der Waals surface area contributed by atoms with Gasteiger partial charge in [-0.05, 0) is 205 Å². The number of carbonyl (C=O) groups excluding carboxylic acids is 5. The smallest absolute Gasteiger partial charge is 0.739 e. The van der Waals surface area contributed by atoms with E-state index in [4.69, 9.17) is 32.4 Å². The number of aliphatic hydroxyl groups is 3. The van der Waals surface area contributed by atoms with Crippen molar-refractivity contribution in [3.05, 3.63) is 179 Å². The summed E-state index contributed by atoms with van der Waals surface area (Å²) >= 11 is 9.11. The van der Waals surface area contributed by atoms with Crippen molar-refractivity contribution in [3.8, 4) is 12.1 Å². The number of ketones is 3. The van der Waals surface area contributed by atoms with Gasteiger partial charge in [-0.1, -0.05) is 158 Å². The summed E-state index contributed by atoms with van der Waals surface area (Å²) in [6, 6.07) is 34.2. The Hall–Kier alpha value is -5.83. The fraction of sp³-hybridized carbons (Fsp3) is 0.596. The maximum Gasteiger partial charge on any atom is 1.00 e. The maximum absolute atomic E-state index is 17.5. The number of thioether (sulfide) groups is 1. The zero-order valence-electron chi connectivity index (χ0n) is 69.9. The molecule has 0 amide bonds. The van der Waals surface area contributed by atoms with Gasteiger partial charge in [0.05, 0.1) is 41.5 Å². The van der Waals surface area contributed by atoms with Gasteiger partial charge in [-0.15, -0.1) is 0 Å². The van der Waals surface area contributed by atoms with Gasteiger partial charge in [0.2, 0.25) is 5.12 Å². The fourth-order valence-corrected chi connectivity index (χ4v) is 28.2. The van der Waals surface area contributed by atoms with Crippen LogP contribution < -0.4 is 29.6 Å². The Morgan fingerprint density at radius 3 is 1.10 bits per heavy atom. The molecule has 12 fully saturated rings. The van der Waals surface area contributed by atoms with Crippen molar-refractivity contribution in [1.82, 2.24) is 15.2 Å². The van der Waals surface area contributed by atoms with E-state index in [1.807, 2.05) is 90.7 Å². The summed E-state index contributed by atoms with van der Waals surface area (Å²) in [5.41, 5.74) is -14.5. The summed E-state index contributed by atoms with van der Waals surface area (Å²) in [6.45, 7) is 13.4. The first-order valence-electron chi connectivity index (χ1n) is 42.6. The Morgan fingerprint density at radius 1 is 0.492 bits per heavy atom. The minimum absolute atomic E-state index is 0. The number of aryl methyl sites for hydroxylation is 3. The van der Waals surface area contributed by atoms with Crippen LogP contribution in [0.3, 0.4) is 0 Å². The van der Waals surface area contributed by atoms with Crippen LogP contribution in [0.1, 0.15) is 135 Å². The van der Waals surface area contributed by atoms with E-state index >= 15 is 26.3 Å². The molecular formula is C94H107BrF6N5NaO13S2. The van der Waals surface area contributed by atoms with Crippen molar-refractivity contribution in [3.63, 3.8) is 0 Å². The van der Waals surface area contributed by atoms with Crippen LogP contribution >= 0.6 is 27.7 Å². The van der Waals surface area contributed by atoms with Gasteiger partial charge < -0.3 is 37.8 Å². The van der Waals surface area contributed by atoms with Crippen LogP contribution in [0.2, 0.25) is 0 Å². The number of hydrogen-bond acceptors (Lipinski definition) is 19. The molecule has 4 N–H and O–H groups in total. The second kappa shape index (κ2) is 34.3. The van der Waals surface area contributed by atoms with E-state index in [1.165, 1.54) is 71.4 Å². The molecule has 0 spiro atoms. The molecule has 28 heteroatoms. The van der Waals surface area contributed by atoms with Crippen molar-refractivity contribution < 1.29 is 120 Å². The van der Waals surface area contributed by atoms with Gasteiger partial charge in [-0.3, -0.25) is 33.7 Å². The third kappa shape index (κ3) is 14.0. The van der Waals surface area contributed by atoms with Crippen molar-refractivity contribution in [2.75, 3.05) is 50.4 Å². The van der Waals surface area contributed by atoms with E-state index in [9.17, 15) is 54.5 Å². The molecule has 9 saturated carbocycles. The van der Waals surface area contributed by atoms with Crippen LogP contribution in [0.4, 0.5) is 26.3 Å². The third-order valence-electron chi connectivity index (χ3n) is 32.4. The molecule has 0 radical (unpaired) electrons. The molecule has 15 aliphatic rings. The number of rotatable bonds is 16. The van der Waals surface area contributed by atoms with E-state index in [1.54, 1.807) is 32.8 Å². The van der Waals surface area contributed by atoms with Gasteiger partial charge >= 0.3 is 35.5 Å². The minimum Gasteiger partial charge on any atom is -0.739 e. The largest absolute Gasteiger partial charge is 1.00 e. The third-order valence-corrected chi connectivity index (χ3v) is 33.8. The Bertz CT molecular complexity index is 4670. The van der Waals surface area contributed by atoms with Crippen molar-refractivity contribution in [1.29, 1.82) is 10.5 Å². The summed E-state index contributed by atoms with van der Waals surface area (Å²) in [7, 11) is 0. The average molecular weight is 1800 g/mol. The molecule has 18 rings (SSSR count). The van der Waals surface area contributed by atoms with Crippen LogP contribution in [0.5, 0.6) is 0 Å². The molecule has 27 atom stereocenters. The average Bonchev–Trinajstić information content (AvgIpc) is 1.52. The summed E-state index contributed by atoms with van der Waals surface area (Å²) in [6.07, 6.45) is 8.08. The minimum atomic E-state index is -2.23. The number of benzene rings is 3. The fourth-order valence-electron chi connectivity index (χ4n) is 26.9. The number of aliphatic carboxylic acids is 1. The zero-order valence-corrected chi connectivity index (χ0v) is 75.2. The van der Waals surface area contributed by atoms with E-state index in [-0.39, 0.29) is 119 Å². The van der Waals surface area contributed by atoms with Gasteiger partial charge in [0.25, 0.3) is 0 Å². The molecular weight excluding hydrogens is 1690 g/mol. The molecule has 18 nitrogen and oxygen atoms in total. The summed E-state index contributed by atoms with van der Waals surface area (Å²) in [5, 5.41) is 67.1. The quantitative estimate of drug-likeness (QED) is 0.0449. The summed E-state index contributed by atoms with van der Waals surface area (Å²) in [5.74, 6) is -7.22. The molecule has 0 bridgehead atoms. The number of carboxylic acid groups (broad SMARTS) is 1. The molecule has 122 heavy (non-hydrogen) atoms. The first-order valence-corrected chi connectivity index (χ1v) is 45.1. The van der Waals surface area contributed by atoms with Crippen LogP contribution in [-0.4, -0.2) is 190 Å². The number of halogens is 7. The molecule has 3 aliphatic heterocycles. The van der Waals surface area contributed by atoms with Crippen LogP contribution in [0, 0.1) is 108 Å². The molecule has 0 aromatic heterocycles. The first-order chi connectivity index (χ1) is 57.4. The molecule has 648 valence electrons. The van der Waals surface area contributed by atoms with Crippen molar-refractivity contribution >= 4 is 73.9 Å². The maximum atomic E-state index is 17.5. The van der Waals surface area contributed by atoms with Crippen LogP contribution in [0.25, 0.3) is 0 Å². The number of carbonyl (C=O) groups is 6. The zero-order chi connectivity index (χ0) is 86.8. The number of alkyl halides is 7. The Kier molecular flexibility index (Phi) is 26.0. The SMILES string of the molecule is C[C@]12C=CC(=O)C=C1[C@@H](F)C[C@H]1[C@@H]3C[C@H]4CN(CCCc5ccccc5)O[C@@]4(C(=O)O)[C@@]3(C)C[C@H](O)[C@@]12F.C[C@]12C=CC(=O)C=C1[C@@H](F)C[C@H]1[C@@H]3C[C@H]4CN(CCCc5ccccc5)O[C@@]4(C(=O)SCC#N)[C@@]3(C)C[C@H](O)[C@@]12F.C[C@]12C=CC(=O)C=C1[C@@H](F)C[C@H]1[C@@H]3C[C@H]4CN(CCCc5ccccc5)O[C@@]4(C(=O)[S-])[C@@]3(C)C[C@H](O)[C@@]12F.N#CCBr.[Na+]. The standard InChI is InChI=1S/C32H36F2N2O4S.C30H35F2NO5.C30H35F2NO4S.C2H2BrN.Na/c1-29-11-10-22(37)16-25(29)26(33)17-24-23-15-21-19-36(13-6-9-20-7-4-3-5-8-20)40-32(21,28(39)41-14-12-35)30(23,2)18-27(38)31(24,29)34;1-27-11-10-20(34)14-23(27)24(31)15-22-21-13-19-17-33(12-6-9-18-7-4-3-5-8-18)38-30(19,26(36)37)28(21,2)16-25(35)29(22,27)32;1-27-11-10-20(34)14-23(27)24(31)15-22-21-13-19-17-33(12-6-9-18-7-4-3-5-8-18)37-30(19,26(36)38)28(21,2)16-25(35)29(22,27)32;3-1-2-4;/h3-5,7-8,10-11,16,21,23-24,26-27,38H,6,9,13-15,17-19H2,1-2H3;3-5,7-8,10-11,14,19,21-22,24-25,35H,6,9,12-13,15-17H2,1-2H3,(H,36,37);3-5,7-8,10-11,14,19,21-22,24-25,35H,6,9,12-13,15-17H2,1-2H3,(H,36,38);1H2;/q;;;;+1/p-1/t21-,23-,24-,26-,27-,29-,30-,31-,32-;2*19-,21-,22-,24-,25-,27-,28-,29-,30-;;/m000../s1. The Morgan fingerprint density at radius 2 is 0.787 bits per heavy atom. The second-order valence-electron chi connectivity index (χ2n) is 37.9. The molecule has 3 heterocycles. The van der Waals surface area contributed by atoms with Crippen molar-refractivity contribution in [2.45, 2.75) is 208 Å². The number of allylic oxidation sites excluding steroid dienone is 12. The Labute approximate surface area is 749 Å². The molecule has 3 aromatic carbocycles. The van der Waals surface area contributed by atoms with Gasteiger partial charge in [-0.25, -0.2) is 31.1 Å². The van der Waals surface area contributed by atoms with E-state index in [0.717, 1.165) is 50.3 Å². The van der Waals surface area contributed by atoms with Gasteiger partial charge in [0.15, 0.2) is 45.6 Å². The van der Waals surface area contributed by atoms with E-state index in [2.05, 4.69) is 52.3 Å². The van der Waals surface area contributed by atoms with Gasteiger partial charge in [0, 0.05) is 112 Å². The second-order valence-corrected chi connectivity index (χ2v) is 39.8. The number of hydroxylamine groups is 6. The van der Waals surface area contributed by atoms with Crippen molar-refractivity contribution in [2.24, 2.45) is 85.8 Å². The molecule has 12 aliphatic carbocycles. The van der Waals surface area contributed by atoms with Crippen LogP contribution in [0.15, 0.2) is 162 Å². The van der Waals surface area contributed by atoms with Crippen LogP contribution in [-0.2, 0) is 75.2 Å². The Balaban J connectivity index is 0.000000146. The number of nitrogens with zero attached hydrogens (tertiary/aromatic N) is 5. The molecule has 3 saturated heterocycles. The number of nitriles is 2. The number of carboxylic acids is 1. The first kappa shape index (κ1) is 92.4. The number of hydrogen-bond donors (Lipinski definition) is 4. The van der Waals surface area contributed by atoms with Gasteiger partial charge in [0.1, 0.15) is 24.1 Å². The summed E-state index contributed by atoms with van der Waals surface area (Å²) < 4.78 is 99.3. The predicted octanol–water partition coefficient (Wildman–Crippen LogP) is 11.3. The van der Waals surface area contributed by atoms with E-state index in [0.29, 0.717) is 63.9 Å². The van der Waals surface area contributed by atoms with Gasteiger partial charge in [-0.2, -0.15) is 25.7 Å². The monoisotopic (exact) mass is 1790 g/mol. The number of aliphatic hydroxyl groups excluding tert-OH is 3. The molecule has 0 unspecified atom stereocenters. The predicted molar refractivity (Wildman–Crippen MR) is 445 cm³/mol. The topological polar surface area (TPSA) is 268 Å². The molecule has 3 aromatic rings. The number of fused-ring (bicyclic) bond motifs is 21.